The molecule has 0 N–H and O–H groups in total. The van der Waals surface area contributed by atoms with Crippen molar-refractivity contribution in [1.29, 1.82) is 0 Å². The van der Waals surface area contributed by atoms with E-state index in [1.165, 1.54) is 0 Å². The Bertz CT molecular complexity index is 1120. The first-order valence-electron chi connectivity index (χ1n) is 8.83. The van der Waals surface area contributed by atoms with Crippen LogP contribution in [0.5, 0.6) is 17.2 Å². The van der Waals surface area contributed by atoms with Gasteiger partial charge in [-0.1, -0.05) is 36.0 Å². The largest absolute Gasteiger partial charge is 0.493 e. The lowest BCUT2D eigenvalue weighted by atomic mass is 10.2. The second kappa shape index (κ2) is 8.40. The summed E-state index contributed by atoms with van der Waals surface area (Å²) in [7, 11) is 4.68. The first kappa shape index (κ1) is 19.1. The Kier molecular flexibility index (Phi) is 5.53. The van der Waals surface area contributed by atoms with Crippen molar-refractivity contribution in [2.75, 3.05) is 21.3 Å². The molecule has 0 amide bonds. The van der Waals surface area contributed by atoms with Gasteiger partial charge in [0.25, 0.3) is 0 Å². The molecule has 0 atom stereocenters. The Morgan fingerprint density at radius 2 is 1.66 bits per heavy atom. The summed E-state index contributed by atoms with van der Waals surface area (Å²) < 4.78 is 21.9. The standard InChI is InChI=1S/C21H19N3O4S/c1-25-16-10-14(11-17(26-2)20(16)27-3)21-24-23-18(28-21)12-29-19-9-8-13-6-4-5-7-15(13)22-19/h4-11H,12H2,1-3H3. The molecule has 148 valence electrons. The SMILES string of the molecule is COc1cc(-c2nnc(CSc3ccc4ccccc4n3)o2)cc(OC)c1OC. The molecule has 7 nitrogen and oxygen atoms in total. The molecule has 2 aromatic carbocycles. The van der Waals surface area contributed by atoms with Gasteiger partial charge in [-0.2, -0.15) is 0 Å². The van der Waals surface area contributed by atoms with Crippen LogP contribution in [-0.4, -0.2) is 36.5 Å². The Labute approximate surface area is 172 Å². The van der Waals surface area contributed by atoms with Gasteiger partial charge in [0.2, 0.25) is 17.5 Å². The summed E-state index contributed by atoms with van der Waals surface area (Å²) in [4.78, 5) is 4.65. The zero-order valence-electron chi connectivity index (χ0n) is 16.2. The molecule has 2 aromatic heterocycles. The van der Waals surface area contributed by atoms with Crippen molar-refractivity contribution in [3.05, 3.63) is 54.4 Å². The molecule has 8 heteroatoms. The van der Waals surface area contributed by atoms with Crippen LogP contribution >= 0.6 is 11.8 Å². The molecule has 0 aliphatic carbocycles. The number of benzene rings is 2. The van der Waals surface area contributed by atoms with E-state index >= 15 is 0 Å². The molecule has 2 heterocycles. The normalized spacial score (nSPS) is 10.9. The molecular formula is C21H19N3O4S. The number of ether oxygens (including phenoxy) is 3. The number of hydrogen-bond acceptors (Lipinski definition) is 8. The fourth-order valence-corrected chi connectivity index (χ4v) is 3.61. The summed E-state index contributed by atoms with van der Waals surface area (Å²) >= 11 is 1.54. The van der Waals surface area contributed by atoms with Crippen LogP contribution in [0.15, 0.2) is 58.0 Å². The van der Waals surface area contributed by atoms with E-state index < -0.39 is 0 Å². The van der Waals surface area contributed by atoms with Crippen molar-refractivity contribution >= 4 is 22.7 Å². The number of rotatable bonds is 7. The minimum Gasteiger partial charge on any atom is -0.493 e. The molecule has 0 saturated heterocycles. The van der Waals surface area contributed by atoms with Crippen LogP contribution in [0.4, 0.5) is 0 Å². The summed E-state index contributed by atoms with van der Waals surface area (Å²) in [6.45, 7) is 0. The van der Waals surface area contributed by atoms with Gasteiger partial charge in [0.1, 0.15) is 0 Å². The van der Waals surface area contributed by atoms with Crippen molar-refractivity contribution < 1.29 is 18.6 Å². The second-order valence-corrected chi connectivity index (χ2v) is 7.04. The first-order valence-corrected chi connectivity index (χ1v) is 9.81. The predicted octanol–water partition coefficient (Wildman–Crippen LogP) is 4.60. The summed E-state index contributed by atoms with van der Waals surface area (Å²) in [5, 5.41) is 10.3. The highest BCUT2D eigenvalue weighted by molar-refractivity contribution is 7.98. The monoisotopic (exact) mass is 409 g/mol. The molecule has 0 radical (unpaired) electrons. The van der Waals surface area contributed by atoms with Gasteiger partial charge in [-0.3, -0.25) is 0 Å². The number of hydrogen-bond donors (Lipinski definition) is 0. The lowest BCUT2D eigenvalue weighted by Gasteiger charge is -2.12. The van der Waals surface area contributed by atoms with E-state index in [4.69, 9.17) is 18.6 Å². The first-order chi connectivity index (χ1) is 14.2. The van der Waals surface area contributed by atoms with Crippen molar-refractivity contribution in [3.63, 3.8) is 0 Å². The van der Waals surface area contributed by atoms with E-state index in [2.05, 4.69) is 21.2 Å². The number of thioether (sulfide) groups is 1. The summed E-state index contributed by atoms with van der Waals surface area (Å²) in [5.41, 5.74) is 1.65. The summed E-state index contributed by atoms with van der Waals surface area (Å²) in [6, 6.07) is 15.6. The Morgan fingerprint density at radius 1 is 0.897 bits per heavy atom. The Morgan fingerprint density at radius 3 is 2.38 bits per heavy atom. The molecule has 0 fully saturated rings. The molecule has 4 aromatic rings. The Balaban J connectivity index is 1.53. The smallest absolute Gasteiger partial charge is 0.248 e. The molecule has 0 saturated carbocycles. The van der Waals surface area contributed by atoms with Gasteiger partial charge in [0, 0.05) is 10.9 Å². The summed E-state index contributed by atoms with van der Waals surface area (Å²) in [6.07, 6.45) is 0. The van der Waals surface area contributed by atoms with Gasteiger partial charge in [-0.25, -0.2) is 4.98 Å². The van der Waals surface area contributed by atoms with E-state index in [0.717, 1.165) is 15.9 Å². The number of methoxy groups -OCH3 is 3. The summed E-state index contributed by atoms with van der Waals surface area (Å²) in [5.74, 6) is 2.96. The average molecular weight is 409 g/mol. The van der Waals surface area contributed by atoms with Gasteiger partial charge in [0.05, 0.1) is 37.6 Å². The van der Waals surface area contributed by atoms with Crippen molar-refractivity contribution in [3.8, 4) is 28.7 Å². The van der Waals surface area contributed by atoms with E-state index in [1.807, 2.05) is 30.3 Å². The predicted molar refractivity (Wildman–Crippen MR) is 111 cm³/mol. The maximum absolute atomic E-state index is 5.83. The average Bonchev–Trinajstić information content (AvgIpc) is 3.25. The van der Waals surface area contributed by atoms with Crippen molar-refractivity contribution in [2.45, 2.75) is 10.8 Å². The van der Waals surface area contributed by atoms with Gasteiger partial charge in [0.15, 0.2) is 11.5 Å². The number of para-hydroxylation sites is 1. The number of pyridine rings is 1. The van der Waals surface area contributed by atoms with E-state index in [1.54, 1.807) is 45.2 Å². The van der Waals surface area contributed by atoms with Crippen LogP contribution in [0.25, 0.3) is 22.4 Å². The molecule has 0 unspecified atom stereocenters. The Hall–Kier alpha value is -3.26. The molecule has 29 heavy (non-hydrogen) atoms. The van der Waals surface area contributed by atoms with Gasteiger partial charge in [-0.15, -0.1) is 10.2 Å². The van der Waals surface area contributed by atoms with Crippen LogP contribution < -0.4 is 14.2 Å². The fraction of sp³-hybridized carbons (Fsp3) is 0.190. The quantitative estimate of drug-likeness (QED) is 0.410. The maximum Gasteiger partial charge on any atom is 0.248 e. The third-order valence-corrected chi connectivity index (χ3v) is 5.21. The highest BCUT2D eigenvalue weighted by Gasteiger charge is 2.17. The topological polar surface area (TPSA) is 79.5 Å². The van der Waals surface area contributed by atoms with Crippen LogP contribution in [0.3, 0.4) is 0 Å². The van der Waals surface area contributed by atoms with Crippen molar-refractivity contribution in [1.82, 2.24) is 15.2 Å². The lowest BCUT2D eigenvalue weighted by molar-refractivity contribution is 0.324. The number of aromatic nitrogens is 3. The highest BCUT2D eigenvalue weighted by atomic mass is 32.2. The highest BCUT2D eigenvalue weighted by Crippen LogP contribution is 2.41. The third kappa shape index (κ3) is 3.97. The van der Waals surface area contributed by atoms with Crippen molar-refractivity contribution in [2.24, 2.45) is 0 Å². The number of fused-ring (bicyclic) bond motifs is 1. The molecule has 0 aliphatic rings. The minimum absolute atomic E-state index is 0.381. The van der Waals surface area contributed by atoms with E-state index in [-0.39, 0.29) is 0 Å². The van der Waals surface area contributed by atoms with Crippen LogP contribution in [-0.2, 0) is 5.75 Å². The van der Waals surface area contributed by atoms with Crippen LogP contribution in [0.2, 0.25) is 0 Å². The lowest BCUT2D eigenvalue weighted by Crippen LogP contribution is -1.95. The molecule has 0 aliphatic heterocycles. The van der Waals surface area contributed by atoms with E-state index in [9.17, 15) is 0 Å². The second-order valence-electron chi connectivity index (χ2n) is 6.05. The minimum atomic E-state index is 0.381. The van der Waals surface area contributed by atoms with Gasteiger partial charge >= 0.3 is 0 Å². The molecular weight excluding hydrogens is 390 g/mol. The number of nitrogens with zero attached hydrogens (tertiary/aromatic N) is 3. The van der Waals surface area contributed by atoms with Gasteiger partial charge < -0.3 is 18.6 Å². The maximum atomic E-state index is 5.83. The molecule has 0 bridgehead atoms. The fourth-order valence-electron chi connectivity index (χ4n) is 2.90. The molecule has 4 rings (SSSR count). The van der Waals surface area contributed by atoms with Crippen LogP contribution in [0.1, 0.15) is 5.89 Å². The third-order valence-electron chi connectivity index (χ3n) is 4.29. The molecule has 0 spiro atoms. The van der Waals surface area contributed by atoms with E-state index in [0.29, 0.717) is 40.3 Å². The van der Waals surface area contributed by atoms with Crippen LogP contribution in [0, 0.1) is 0 Å². The van der Waals surface area contributed by atoms with Gasteiger partial charge in [-0.05, 0) is 24.3 Å². The zero-order chi connectivity index (χ0) is 20.2. The zero-order valence-corrected chi connectivity index (χ0v) is 17.0.